The normalized spacial score (nSPS) is 3.57. The molecule has 0 aliphatic rings. The Kier molecular flexibility index (Phi) is 53.6. The third kappa shape index (κ3) is 124. The second-order valence-electron chi connectivity index (χ2n) is 0.348. The monoisotopic (exact) mass is 428 g/mol. The maximum Gasteiger partial charge on any atom is 2.00 e. The Hall–Kier alpha value is 1.28. The minimum atomic E-state index is -1.33. The SMILES string of the molecule is N=C(N)F.[Br-].[Br-].[Pb+2]. The van der Waals surface area contributed by atoms with Gasteiger partial charge < -0.3 is 39.7 Å². The van der Waals surface area contributed by atoms with Gasteiger partial charge in [0.05, 0.1) is 0 Å². The molecule has 0 unspecified atom stereocenters. The van der Waals surface area contributed by atoms with Gasteiger partial charge in [-0.15, -0.1) is 0 Å². The van der Waals surface area contributed by atoms with E-state index in [1.54, 1.807) is 0 Å². The molecule has 0 spiro atoms. The molecule has 7 heavy (non-hydrogen) atoms. The van der Waals surface area contributed by atoms with Gasteiger partial charge in [0.25, 0.3) is 6.09 Å². The zero-order valence-electron chi connectivity index (χ0n) is 3.21. The number of hydrogen-bond acceptors (Lipinski definition) is 1. The standard InChI is InChI=1S/CH3FN2.2BrH.Pb/c2-1(3)4;;;/h(H3,3,4);2*1H;/q;;;+2/p-2. The molecule has 0 saturated heterocycles. The van der Waals surface area contributed by atoms with Crippen LogP contribution in [0.5, 0.6) is 0 Å². The fourth-order valence-corrected chi connectivity index (χ4v) is 0. The van der Waals surface area contributed by atoms with Crippen LogP contribution in [0.3, 0.4) is 0 Å². The van der Waals surface area contributed by atoms with Gasteiger partial charge in [-0.25, -0.2) is 0 Å². The number of halogens is 3. The van der Waals surface area contributed by atoms with Crippen LogP contribution in [-0.2, 0) is 0 Å². The third-order valence-corrected chi connectivity index (χ3v) is 0. The zero-order chi connectivity index (χ0) is 3.58. The minimum Gasteiger partial charge on any atom is -1.00 e. The van der Waals surface area contributed by atoms with E-state index in [0.717, 1.165) is 0 Å². The smallest absolute Gasteiger partial charge is 1.00 e. The Morgan fingerprint density at radius 2 is 1.43 bits per heavy atom. The first kappa shape index (κ1) is 24.0. The first-order valence-corrected chi connectivity index (χ1v) is 0.728. The molecule has 2 radical (unpaired) electrons. The van der Waals surface area contributed by atoms with Gasteiger partial charge in [0.2, 0.25) is 0 Å². The van der Waals surface area contributed by atoms with E-state index in [1.807, 2.05) is 0 Å². The molecule has 0 fully saturated rings. The van der Waals surface area contributed by atoms with Crippen LogP contribution >= 0.6 is 0 Å². The first-order chi connectivity index (χ1) is 1.73. The molecule has 3 N–H and O–H groups in total. The van der Waals surface area contributed by atoms with Gasteiger partial charge in [-0.05, 0) is 0 Å². The largest absolute Gasteiger partial charge is 2.00 e. The van der Waals surface area contributed by atoms with Crippen molar-refractivity contribution in [2.24, 2.45) is 5.73 Å². The van der Waals surface area contributed by atoms with Crippen molar-refractivity contribution in [2.45, 2.75) is 0 Å². The van der Waals surface area contributed by atoms with Crippen LogP contribution in [-0.4, -0.2) is 33.4 Å². The van der Waals surface area contributed by atoms with Crippen molar-refractivity contribution in [3.63, 3.8) is 0 Å². The Bertz CT molecular complexity index is 38.7. The fourth-order valence-electron chi connectivity index (χ4n) is 0. The molecule has 0 aromatic carbocycles. The summed E-state index contributed by atoms with van der Waals surface area (Å²) in [5.41, 5.74) is 4.03. The van der Waals surface area contributed by atoms with Crippen molar-refractivity contribution in [3.05, 3.63) is 0 Å². The summed E-state index contributed by atoms with van der Waals surface area (Å²) in [7, 11) is 0. The first-order valence-electron chi connectivity index (χ1n) is 0.728. The van der Waals surface area contributed by atoms with Crippen molar-refractivity contribution in [2.75, 3.05) is 0 Å². The molecule has 42 valence electrons. The summed E-state index contributed by atoms with van der Waals surface area (Å²) in [6.07, 6.45) is -1.33. The number of nitrogens with one attached hydrogen (secondary N) is 1. The van der Waals surface area contributed by atoms with Gasteiger partial charge in [0.15, 0.2) is 0 Å². The summed E-state index contributed by atoms with van der Waals surface area (Å²) in [5.74, 6) is 0. The minimum absolute atomic E-state index is 0. The molecule has 6 heteroatoms. The summed E-state index contributed by atoms with van der Waals surface area (Å²) in [6.45, 7) is 0. The van der Waals surface area contributed by atoms with E-state index < -0.39 is 6.09 Å². The topological polar surface area (TPSA) is 49.9 Å². The summed E-state index contributed by atoms with van der Waals surface area (Å²) < 4.78 is 10.4. The van der Waals surface area contributed by atoms with Gasteiger partial charge >= 0.3 is 27.3 Å². The van der Waals surface area contributed by atoms with Crippen molar-refractivity contribution in [3.8, 4) is 0 Å². The fraction of sp³-hybridized carbons (Fsp3) is 0. The Morgan fingerprint density at radius 3 is 1.43 bits per heavy atom. The molecule has 0 bridgehead atoms. The molecule has 0 amide bonds. The van der Waals surface area contributed by atoms with Crippen LogP contribution in [0.15, 0.2) is 0 Å². The number of nitrogens with two attached hydrogens (primary N) is 1. The molecular weight excluding hydrogens is 426 g/mol. The molecule has 2 nitrogen and oxygen atoms in total. The van der Waals surface area contributed by atoms with E-state index in [2.05, 4.69) is 5.73 Å². The van der Waals surface area contributed by atoms with E-state index >= 15 is 0 Å². The van der Waals surface area contributed by atoms with Gasteiger partial charge in [-0.3, -0.25) is 5.41 Å². The van der Waals surface area contributed by atoms with Crippen molar-refractivity contribution in [1.29, 1.82) is 5.41 Å². The number of hydrogen-bond donors (Lipinski definition) is 2. The molecule has 0 aliphatic heterocycles. The van der Waals surface area contributed by atoms with Gasteiger partial charge in [0, 0.05) is 0 Å². The predicted molar refractivity (Wildman–Crippen MR) is 18.8 cm³/mol. The van der Waals surface area contributed by atoms with Gasteiger partial charge in [-0.1, -0.05) is 0 Å². The number of amidine groups is 1. The maximum absolute atomic E-state index is 10.4. The van der Waals surface area contributed by atoms with Crippen LogP contribution in [0.1, 0.15) is 0 Å². The summed E-state index contributed by atoms with van der Waals surface area (Å²) >= 11 is 0. The predicted octanol–water partition coefficient (Wildman–Crippen LogP) is -6.52. The van der Waals surface area contributed by atoms with Crippen molar-refractivity contribution < 1.29 is 38.4 Å². The van der Waals surface area contributed by atoms with Gasteiger partial charge in [-0.2, -0.15) is 4.39 Å². The number of rotatable bonds is 0. The summed E-state index contributed by atoms with van der Waals surface area (Å²) in [6, 6.07) is 0. The second-order valence-corrected chi connectivity index (χ2v) is 0.348. The maximum atomic E-state index is 10.4. The molecule has 0 heterocycles. The summed E-state index contributed by atoms with van der Waals surface area (Å²) in [5, 5.41) is 5.61. The van der Waals surface area contributed by atoms with Crippen LogP contribution in [0.25, 0.3) is 0 Å². The molecule has 0 aliphatic carbocycles. The van der Waals surface area contributed by atoms with Crippen LogP contribution in [0.4, 0.5) is 4.39 Å². The van der Waals surface area contributed by atoms with E-state index in [-0.39, 0.29) is 61.3 Å². The van der Waals surface area contributed by atoms with E-state index in [9.17, 15) is 4.39 Å². The second kappa shape index (κ2) is 15.7. The Balaban J connectivity index is -0.0000000150. The Morgan fingerprint density at radius 1 is 1.43 bits per heavy atom. The van der Waals surface area contributed by atoms with E-state index in [4.69, 9.17) is 5.41 Å². The average Bonchev–Trinajstić information content (AvgIpc) is 0.811. The molecule has 0 atom stereocenters. The molecule has 0 saturated carbocycles. The third-order valence-electron chi connectivity index (χ3n) is 0. The van der Waals surface area contributed by atoms with Crippen molar-refractivity contribution >= 4 is 33.4 Å². The molecule has 0 rings (SSSR count). The molecular formula is CH3Br2FN2Pb. The van der Waals surface area contributed by atoms with Gasteiger partial charge in [0.1, 0.15) is 0 Å². The Labute approximate surface area is 82.2 Å². The quantitative estimate of drug-likeness (QED) is 0.171. The van der Waals surface area contributed by atoms with E-state index in [0.29, 0.717) is 0 Å². The molecule has 0 aromatic heterocycles. The van der Waals surface area contributed by atoms with Crippen LogP contribution in [0.2, 0.25) is 0 Å². The van der Waals surface area contributed by atoms with Crippen molar-refractivity contribution in [1.82, 2.24) is 0 Å². The summed E-state index contributed by atoms with van der Waals surface area (Å²) in [4.78, 5) is 0. The average molecular weight is 429 g/mol. The van der Waals surface area contributed by atoms with Crippen LogP contribution in [0, 0.1) is 5.41 Å². The van der Waals surface area contributed by atoms with Crippen LogP contribution < -0.4 is 39.7 Å². The molecule has 0 aromatic rings. The van der Waals surface area contributed by atoms with E-state index in [1.165, 1.54) is 0 Å². The zero-order valence-corrected chi connectivity index (χ0v) is 10.3.